The molecule has 0 unspecified atom stereocenters. The second kappa shape index (κ2) is 9.33. The number of ether oxygens (including phenoxy) is 1. The Morgan fingerprint density at radius 3 is 2.91 bits per heavy atom. The molecule has 1 heterocycles. The SMILES string of the molecule is COc1ccc(NC(=O)[C@@H](N)CCSC)cc1-n1cnnn1.Cl. The van der Waals surface area contributed by atoms with Gasteiger partial charge in [0, 0.05) is 5.69 Å². The van der Waals surface area contributed by atoms with Crippen LogP contribution >= 0.6 is 24.2 Å². The Labute approximate surface area is 144 Å². The molecular formula is C13H19ClN6O2S. The topological polar surface area (TPSA) is 108 Å². The molecular weight excluding hydrogens is 340 g/mol. The highest BCUT2D eigenvalue weighted by atomic mass is 35.5. The molecule has 0 spiro atoms. The van der Waals surface area contributed by atoms with Crippen molar-refractivity contribution in [3.05, 3.63) is 24.5 Å². The highest BCUT2D eigenvalue weighted by molar-refractivity contribution is 7.98. The van der Waals surface area contributed by atoms with Gasteiger partial charge in [0.05, 0.1) is 13.2 Å². The van der Waals surface area contributed by atoms with Crippen LogP contribution in [0, 0.1) is 0 Å². The van der Waals surface area contributed by atoms with E-state index in [2.05, 4.69) is 20.8 Å². The fraction of sp³-hybridized carbons (Fsp3) is 0.385. The van der Waals surface area contributed by atoms with Gasteiger partial charge < -0.3 is 15.8 Å². The maximum atomic E-state index is 12.0. The number of hydrogen-bond acceptors (Lipinski definition) is 7. The molecule has 3 N–H and O–H groups in total. The van der Waals surface area contributed by atoms with Crippen LogP contribution < -0.4 is 15.8 Å². The Morgan fingerprint density at radius 2 is 2.30 bits per heavy atom. The van der Waals surface area contributed by atoms with E-state index in [0.29, 0.717) is 23.5 Å². The Balaban J connectivity index is 0.00000264. The number of tetrazole rings is 1. The third-order valence-corrected chi connectivity index (χ3v) is 3.66. The molecule has 0 aliphatic heterocycles. The molecule has 0 saturated carbocycles. The zero-order valence-electron chi connectivity index (χ0n) is 12.8. The number of amides is 1. The van der Waals surface area contributed by atoms with Crippen molar-refractivity contribution < 1.29 is 9.53 Å². The summed E-state index contributed by atoms with van der Waals surface area (Å²) >= 11 is 1.66. The van der Waals surface area contributed by atoms with E-state index in [1.165, 1.54) is 11.0 Å². The van der Waals surface area contributed by atoms with Gasteiger partial charge in [-0.2, -0.15) is 16.4 Å². The molecule has 23 heavy (non-hydrogen) atoms. The number of hydrogen-bond donors (Lipinski definition) is 2. The van der Waals surface area contributed by atoms with Crippen LogP contribution in [-0.2, 0) is 4.79 Å². The van der Waals surface area contributed by atoms with E-state index in [1.807, 2.05) is 6.26 Å². The summed E-state index contributed by atoms with van der Waals surface area (Å²) in [6, 6.07) is 4.67. The number of thioether (sulfide) groups is 1. The number of rotatable bonds is 7. The first-order valence-corrected chi connectivity index (χ1v) is 8.02. The van der Waals surface area contributed by atoms with Gasteiger partial charge in [0.2, 0.25) is 5.91 Å². The lowest BCUT2D eigenvalue weighted by atomic mass is 10.2. The molecule has 0 aliphatic carbocycles. The smallest absolute Gasteiger partial charge is 0.241 e. The van der Waals surface area contributed by atoms with Crippen LogP contribution in [0.3, 0.4) is 0 Å². The summed E-state index contributed by atoms with van der Waals surface area (Å²) in [5.74, 6) is 1.21. The van der Waals surface area contributed by atoms with Crippen molar-refractivity contribution in [1.82, 2.24) is 20.2 Å². The molecule has 2 aromatic rings. The summed E-state index contributed by atoms with van der Waals surface area (Å²) in [5.41, 5.74) is 7.09. The lowest BCUT2D eigenvalue weighted by Gasteiger charge is -2.13. The fourth-order valence-electron chi connectivity index (χ4n) is 1.83. The monoisotopic (exact) mass is 358 g/mol. The van der Waals surface area contributed by atoms with E-state index < -0.39 is 6.04 Å². The Bertz CT molecular complexity index is 625. The molecule has 126 valence electrons. The summed E-state index contributed by atoms with van der Waals surface area (Å²) in [4.78, 5) is 12.0. The average Bonchev–Trinajstić information content (AvgIpc) is 3.06. The molecule has 0 bridgehead atoms. The van der Waals surface area contributed by atoms with Gasteiger partial charge in [-0.1, -0.05) is 0 Å². The van der Waals surface area contributed by atoms with E-state index in [-0.39, 0.29) is 18.3 Å². The molecule has 1 atom stereocenters. The van der Waals surface area contributed by atoms with Gasteiger partial charge in [0.1, 0.15) is 17.8 Å². The molecule has 1 amide bonds. The van der Waals surface area contributed by atoms with Crippen LogP contribution in [0.2, 0.25) is 0 Å². The molecule has 1 aromatic heterocycles. The number of nitrogens with zero attached hydrogens (tertiary/aromatic N) is 4. The molecule has 8 nitrogen and oxygen atoms in total. The number of methoxy groups -OCH3 is 1. The number of benzene rings is 1. The fourth-order valence-corrected chi connectivity index (χ4v) is 2.32. The van der Waals surface area contributed by atoms with Crippen molar-refractivity contribution in [2.75, 3.05) is 24.4 Å². The first kappa shape index (κ1) is 19.2. The Kier molecular flexibility index (Phi) is 7.79. The molecule has 10 heteroatoms. The first-order valence-electron chi connectivity index (χ1n) is 6.62. The molecule has 0 fully saturated rings. The van der Waals surface area contributed by atoms with Crippen LogP contribution in [-0.4, -0.2) is 51.3 Å². The lowest BCUT2D eigenvalue weighted by molar-refractivity contribution is -0.117. The highest BCUT2D eigenvalue weighted by Gasteiger charge is 2.15. The summed E-state index contributed by atoms with van der Waals surface area (Å²) in [6.07, 6.45) is 4.06. The largest absolute Gasteiger partial charge is 0.494 e. The Hall–Kier alpha value is -1.84. The van der Waals surface area contributed by atoms with Crippen LogP contribution in [0.5, 0.6) is 5.75 Å². The van der Waals surface area contributed by atoms with Crippen LogP contribution in [0.1, 0.15) is 6.42 Å². The van der Waals surface area contributed by atoms with Crippen molar-refractivity contribution in [1.29, 1.82) is 0 Å². The van der Waals surface area contributed by atoms with E-state index in [0.717, 1.165) is 5.75 Å². The number of nitrogens with two attached hydrogens (primary N) is 1. The van der Waals surface area contributed by atoms with Crippen LogP contribution in [0.25, 0.3) is 5.69 Å². The van der Waals surface area contributed by atoms with Crippen molar-refractivity contribution in [2.24, 2.45) is 5.73 Å². The summed E-state index contributed by atoms with van der Waals surface area (Å²) in [6.45, 7) is 0. The number of carbonyl (C=O) groups excluding carboxylic acids is 1. The predicted octanol–water partition coefficient (Wildman–Crippen LogP) is 1.11. The van der Waals surface area contributed by atoms with Gasteiger partial charge in [-0.15, -0.1) is 17.5 Å². The van der Waals surface area contributed by atoms with E-state index in [9.17, 15) is 4.79 Å². The van der Waals surface area contributed by atoms with E-state index in [4.69, 9.17) is 10.5 Å². The zero-order valence-corrected chi connectivity index (χ0v) is 14.4. The molecule has 2 rings (SSSR count). The summed E-state index contributed by atoms with van der Waals surface area (Å²) < 4.78 is 6.73. The molecule has 0 aliphatic rings. The zero-order chi connectivity index (χ0) is 15.9. The number of carbonyl (C=O) groups is 1. The third-order valence-electron chi connectivity index (χ3n) is 3.01. The lowest BCUT2D eigenvalue weighted by Crippen LogP contribution is -2.36. The minimum Gasteiger partial charge on any atom is -0.494 e. The normalized spacial score (nSPS) is 11.4. The number of halogens is 1. The van der Waals surface area contributed by atoms with Gasteiger partial charge >= 0.3 is 0 Å². The van der Waals surface area contributed by atoms with Gasteiger partial charge in [-0.25, -0.2) is 0 Å². The standard InChI is InChI=1S/C13H18N6O2S.ClH/c1-21-12-4-3-9(7-11(12)19-8-15-17-18-19)16-13(20)10(14)5-6-22-2;/h3-4,7-8,10H,5-6,14H2,1-2H3,(H,16,20);1H/t10-;/m0./s1. The number of anilines is 1. The van der Waals surface area contributed by atoms with Crippen LogP contribution in [0.15, 0.2) is 24.5 Å². The third kappa shape index (κ3) is 5.08. The van der Waals surface area contributed by atoms with Crippen LogP contribution in [0.4, 0.5) is 5.69 Å². The van der Waals surface area contributed by atoms with E-state index >= 15 is 0 Å². The quantitative estimate of drug-likeness (QED) is 0.763. The van der Waals surface area contributed by atoms with Gasteiger partial charge in [0.25, 0.3) is 0 Å². The molecule has 0 radical (unpaired) electrons. The summed E-state index contributed by atoms with van der Waals surface area (Å²) in [7, 11) is 1.56. The highest BCUT2D eigenvalue weighted by Crippen LogP contribution is 2.25. The van der Waals surface area contributed by atoms with E-state index in [1.54, 1.807) is 37.1 Å². The maximum absolute atomic E-state index is 12.0. The predicted molar refractivity (Wildman–Crippen MR) is 92.6 cm³/mol. The first-order chi connectivity index (χ1) is 10.7. The molecule has 0 saturated heterocycles. The second-order valence-corrected chi connectivity index (χ2v) is 5.50. The molecule has 1 aromatic carbocycles. The van der Waals surface area contributed by atoms with Gasteiger partial charge in [-0.3, -0.25) is 4.79 Å². The summed E-state index contributed by atoms with van der Waals surface area (Å²) in [5, 5.41) is 13.8. The Morgan fingerprint density at radius 1 is 1.52 bits per heavy atom. The van der Waals surface area contributed by atoms with Gasteiger partial charge in [0.15, 0.2) is 0 Å². The maximum Gasteiger partial charge on any atom is 0.241 e. The van der Waals surface area contributed by atoms with Crippen molar-refractivity contribution in [3.8, 4) is 11.4 Å². The van der Waals surface area contributed by atoms with Crippen molar-refractivity contribution >= 4 is 35.8 Å². The van der Waals surface area contributed by atoms with Crippen molar-refractivity contribution in [2.45, 2.75) is 12.5 Å². The second-order valence-electron chi connectivity index (χ2n) is 4.52. The average molecular weight is 359 g/mol. The minimum absolute atomic E-state index is 0. The number of nitrogens with one attached hydrogen (secondary N) is 1. The van der Waals surface area contributed by atoms with Crippen molar-refractivity contribution in [3.63, 3.8) is 0 Å². The van der Waals surface area contributed by atoms with Gasteiger partial charge in [-0.05, 0) is 47.1 Å². The number of aromatic nitrogens is 4. The minimum atomic E-state index is -0.536.